The van der Waals surface area contributed by atoms with Crippen LogP contribution in [0.4, 0.5) is 5.69 Å². The molecule has 0 spiro atoms. The molecule has 1 aliphatic rings. The molecular weight excluding hydrogens is 258 g/mol. The van der Waals surface area contributed by atoms with Gasteiger partial charge in [0.05, 0.1) is 0 Å². The lowest BCUT2D eigenvalue weighted by molar-refractivity contribution is 0.102. The number of phenolic OH excluding ortho intramolecular Hbond substituents is 1. The van der Waals surface area contributed by atoms with E-state index in [-0.39, 0.29) is 18.4 Å². The van der Waals surface area contributed by atoms with Gasteiger partial charge in [0.1, 0.15) is 5.75 Å². The molecule has 0 unspecified atom stereocenters. The molecule has 0 saturated carbocycles. The predicted molar refractivity (Wildman–Crippen MR) is 73.4 cm³/mol. The van der Waals surface area contributed by atoms with Crippen LogP contribution in [0.2, 0.25) is 0 Å². The number of aromatic hydroxyl groups is 1. The van der Waals surface area contributed by atoms with E-state index in [1.54, 1.807) is 43.3 Å². The van der Waals surface area contributed by atoms with Crippen molar-refractivity contribution in [2.75, 3.05) is 12.1 Å². The van der Waals surface area contributed by atoms with E-state index < -0.39 is 0 Å². The standard InChI is InChI=1S/C15H13NO4/c1-9-6-11(3-4-12(9)17)16-15(18)10-2-5-13-14(7-10)20-8-19-13/h2-7,17H,8H2,1H3,(H,16,18). The third kappa shape index (κ3) is 2.25. The molecule has 0 atom stereocenters. The third-order valence-electron chi connectivity index (χ3n) is 3.09. The fraction of sp³-hybridized carbons (Fsp3) is 0.133. The largest absolute Gasteiger partial charge is 0.508 e. The number of amides is 1. The second kappa shape index (κ2) is 4.77. The van der Waals surface area contributed by atoms with Crippen LogP contribution in [0.15, 0.2) is 36.4 Å². The molecule has 0 aromatic heterocycles. The molecule has 1 aliphatic heterocycles. The van der Waals surface area contributed by atoms with Gasteiger partial charge in [-0.25, -0.2) is 0 Å². The van der Waals surface area contributed by atoms with Crippen LogP contribution in [0.25, 0.3) is 0 Å². The maximum atomic E-state index is 12.1. The number of benzene rings is 2. The number of aryl methyl sites for hydroxylation is 1. The minimum atomic E-state index is -0.242. The van der Waals surface area contributed by atoms with Crippen LogP contribution in [-0.2, 0) is 0 Å². The van der Waals surface area contributed by atoms with Gasteiger partial charge in [0.25, 0.3) is 5.91 Å². The molecule has 2 aromatic rings. The van der Waals surface area contributed by atoms with E-state index in [0.29, 0.717) is 28.3 Å². The van der Waals surface area contributed by atoms with Crippen LogP contribution in [0.1, 0.15) is 15.9 Å². The van der Waals surface area contributed by atoms with E-state index in [1.165, 1.54) is 0 Å². The van der Waals surface area contributed by atoms with Crippen molar-refractivity contribution in [1.29, 1.82) is 0 Å². The number of hydrogen-bond donors (Lipinski definition) is 2. The molecule has 0 fully saturated rings. The minimum Gasteiger partial charge on any atom is -0.508 e. The van der Waals surface area contributed by atoms with E-state index in [0.717, 1.165) is 0 Å². The summed E-state index contributed by atoms with van der Waals surface area (Å²) < 4.78 is 10.4. The third-order valence-corrected chi connectivity index (χ3v) is 3.09. The summed E-state index contributed by atoms with van der Waals surface area (Å²) in [6.07, 6.45) is 0. The Morgan fingerprint density at radius 1 is 1.15 bits per heavy atom. The van der Waals surface area contributed by atoms with Gasteiger partial charge in [-0.05, 0) is 48.9 Å². The number of nitrogens with one attached hydrogen (secondary N) is 1. The summed E-state index contributed by atoms with van der Waals surface area (Å²) in [5.41, 5.74) is 1.82. The highest BCUT2D eigenvalue weighted by molar-refractivity contribution is 6.04. The summed E-state index contributed by atoms with van der Waals surface area (Å²) in [5.74, 6) is 1.17. The maximum Gasteiger partial charge on any atom is 0.255 e. The van der Waals surface area contributed by atoms with Crippen molar-refractivity contribution in [1.82, 2.24) is 0 Å². The zero-order valence-corrected chi connectivity index (χ0v) is 10.8. The monoisotopic (exact) mass is 271 g/mol. The Hall–Kier alpha value is -2.69. The zero-order chi connectivity index (χ0) is 14.1. The summed E-state index contributed by atoms with van der Waals surface area (Å²) in [6, 6.07) is 9.93. The average molecular weight is 271 g/mol. The lowest BCUT2D eigenvalue weighted by Gasteiger charge is -2.07. The number of ether oxygens (including phenoxy) is 2. The highest BCUT2D eigenvalue weighted by Gasteiger charge is 2.16. The van der Waals surface area contributed by atoms with Gasteiger partial charge in [-0.15, -0.1) is 0 Å². The molecule has 20 heavy (non-hydrogen) atoms. The molecule has 0 radical (unpaired) electrons. The first kappa shape index (κ1) is 12.3. The van der Waals surface area contributed by atoms with Gasteiger partial charge in [0.2, 0.25) is 6.79 Å². The van der Waals surface area contributed by atoms with Crippen LogP contribution in [-0.4, -0.2) is 17.8 Å². The van der Waals surface area contributed by atoms with Gasteiger partial charge in [-0.2, -0.15) is 0 Å². The average Bonchev–Trinajstić information content (AvgIpc) is 2.90. The van der Waals surface area contributed by atoms with Gasteiger partial charge in [0.15, 0.2) is 11.5 Å². The molecule has 5 heteroatoms. The van der Waals surface area contributed by atoms with Crippen molar-refractivity contribution in [3.63, 3.8) is 0 Å². The Morgan fingerprint density at radius 3 is 2.75 bits per heavy atom. The Labute approximate surface area is 115 Å². The molecule has 1 heterocycles. The Kier molecular flexibility index (Phi) is 2.95. The number of fused-ring (bicyclic) bond motifs is 1. The minimum absolute atomic E-state index is 0.178. The summed E-state index contributed by atoms with van der Waals surface area (Å²) in [5, 5.41) is 12.2. The first-order chi connectivity index (χ1) is 9.63. The normalized spacial score (nSPS) is 12.2. The molecule has 2 aromatic carbocycles. The van der Waals surface area contributed by atoms with Gasteiger partial charge >= 0.3 is 0 Å². The first-order valence-electron chi connectivity index (χ1n) is 6.14. The number of carbonyl (C=O) groups is 1. The molecule has 2 N–H and O–H groups in total. The van der Waals surface area contributed by atoms with Crippen molar-refractivity contribution in [3.8, 4) is 17.2 Å². The van der Waals surface area contributed by atoms with Crippen molar-refractivity contribution in [2.45, 2.75) is 6.92 Å². The highest BCUT2D eigenvalue weighted by atomic mass is 16.7. The van der Waals surface area contributed by atoms with Crippen LogP contribution in [0, 0.1) is 6.92 Å². The predicted octanol–water partition coefficient (Wildman–Crippen LogP) is 2.68. The number of rotatable bonds is 2. The van der Waals surface area contributed by atoms with Crippen LogP contribution < -0.4 is 14.8 Å². The van der Waals surface area contributed by atoms with E-state index in [2.05, 4.69) is 5.32 Å². The molecule has 102 valence electrons. The molecular formula is C15H13NO4. The molecule has 0 bridgehead atoms. The quantitative estimate of drug-likeness (QED) is 0.824. The second-order valence-corrected chi connectivity index (χ2v) is 4.52. The lowest BCUT2D eigenvalue weighted by atomic mass is 10.1. The summed E-state index contributed by atoms with van der Waals surface area (Å²) in [4.78, 5) is 12.1. The SMILES string of the molecule is Cc1cc(NC(=O)c2ccc3c(c2)OCO3)ccc1O. The van der Waals surface area contributed by atoms with Crippen LogP contribution in [0.3, 0.4) is 0 Å². The number of hydrogen-bond acceptors (Lipinski definition) is 4. The highest BCUT2D eigenvalue weighted by Crippen LogP contribution is 2.32. The lowest BCUT2D eigenvalue weighted by Crippen LogP contribution is -2.11. The first-order valence-corrected chi connectivity index (χ1v) is 6.14. The van der Waals surface area contributed by atoms with Crippen molar-refractivity contribution < 1.29 is 19.4 Å². The number of phenols is 1. The molecule has 0 saturated heterocycles. The fourth-order valence-electron chi connectivity index (χ4n) is 1.97. The molecule has 0 aliphatic carbocycles. The zero-order valence-electron chi connectivity index (χ0n) is 10.8. The van der Waals surface area contributed by atoms with E-state index >= 15 is 0 Å². The Balaban J connectivity index is 1.80. The fourth-order valence-corrected chi connectivity index (χ4v) is 1.97. The molecule has 5 nitrogen and oxygen atoms in total. The van der Waals surface area contributed by atoms with Gasteiger partial charge in [0, 0.05) is 11.3 Å². The van der Waals surface area contributed by atoms with Crippen molar-refractivity contribution in [3.05, 3.63) is 47.5 Å². The van der Waals surface area contributed by atoms with E-state index in [9.17, 15) is 9.90 Å². The molecule has 3 rings (SSSR count). The van der Waals surface area contributed by atoms with E-state index in [4.69, 9.17) is 9.47 Å². The van der Waals surface area contributed by atoms with Gasteiger partial charge in [-0.3, -0.25) is 4.79 Å². The smallest absolute Gasteiger partial charge is 0.255 e. The summed E-state index contributed by atoms with van der Waals surface area (Å²) >= 11 is 0. The second-order valence-electron chi connectivity index (χ2n) is 4.52. The van der Waals surface area contributed by atoms with Crippen molar-refractivity contribution in [2.24, 2.45) is 0 Å². The number of anilines is 1. The maximum absolute atomic E-state index is 12.1. The van der Waals surface area contributed by atoms with Crippen LogP contribution >= 0.6 is 0 Å². The Morgan fingerprint density at radius 2 is 1.95 bits per heavy atom. The van der Waals surface area contributed by atoms with Crippen LogP contribution in [0.5, 0.6) is 17.2 Å². The van der Waals surface area contributed by atoms with Gasteiger partial charge < -0.3 is 19.9 Å². The van der Waals surface area contributed by atoms with Gasteiger partial charge in [-0.1, -0.05) is 0 Å². The summed E-state index contributed by atoms with van der Waals surface area (Å²) in [7, 11) is 0. The van der Waals surface area contributed by atoms with E-state index in [1.807, 2.05) is 0 Å². The molecule has 1 amide bonds. The topological polar surface area (TPSA) is 67.8 Å². The summed E-state index contributed by atoms with van der Waals surface area (Å²) in [6.45, 7) is 1.95. The van der Waals surface area contributed by atoms with Crippen molar-refractivity contribution >= 4 is 11.6 Å². The Bertz CT molecular complexity index is 682. The number of carbonyl (C=O) groups excluding carboxylic acids is 1.